The van der Waals surface area contributed by atoms with Crippen molar-refractivity contribution < 1.29 is 19.1 Å². The Morgan fingerprint density at radius 1 is 0.583 bits per heavy atom. The van der Waals surface area contributed by atoms with Gasteiger partial charge in [-0.25, -0.2) is 9.59 Å². The highest BCUT2D eigenvalue weighted by atomic mass is 16.5. The first-order valence-electron chi connectivity index (χ1n) is 14.3. The van der Waals surface area contributed by atoms with E-state index >= 15 is 0 Å². The van der Waals surface area contributed by atoms with E-state index in [0.717, 1.165) is 39.0 Å². The van der Waals surface area contributed by atoms with Gasteiger partial charge >= 0.3 is 11.9 Å². The van der Waals surface area contributed by atoms with E-state index in [4.69, 9.17) is 9.47 Å². The van der Waals surface area contributed by atoms with Gasteiger partial charge in [-0.2, -0.15) is 0 Å². The first-order valence-corrected chi connectivity index (χ1v) is 14.3. The fraction of sp³-hybridized carbons (Fsp3) is 0.733. The van der Waals surface area contributed by atoms with Gasteiger partial charge in [-0.05, 0) is 65.0 Å². The Bertz CT molecular complexity index is 651. The van der Waals surface area contributed by atoms with Gasteiger partial charge in [0.15, 0.2) is 0 Å². The van der Waals surface area contributed by atoms with Gasteiger partial charge in [0.1, 0.15) is 0 Å². The second-order valence-corrected chi connectivity index (χ2v) is 9.96. The van der Waals surface area contributed by atoms with Crippen molar-refractivity contribution in [1.82, 2.24) is 9.80 Å². The maximum atomic E-state index is 12.6. The summed E-state index contributed by atoms with van der Waals surface area (Å²) in [5.74, 6) is -0.930. The topological polar surface area (TPSA) is 59.1 Å². The van der Waals surface area contributed by atoms with Crippen LogP contribution in [-0.2, 0) is 9.47 Å². The van der Waals surface area contributed by atoms with Crippen LogP contribution in [0.4, 0.5) is 0 Å². The molecule has 0 spiro atoms. The van der Waals surface area contributed by atoms with Crippen LogP contribution in [0.1, 0.15) is 112 Å². The minimum atomic E-state index is -0.465. The zero-order chi connectivity index (χ0) is 26.4. The predicted octanol–water partition coefficient (Wildman–Crippen LogP) is 6.58. The first kappa shape index (κ1) is 32.1. The predicted molar refractivity (Wildman–Crippen MR) is 149 cm³/mol. The van der Waals surface area contributed by atoms with Gasteiger partial charge in [-0.15, -0.1) is 0 Å². The van der Waals surface area contributed by atoms with E-state index in [-0.39, 0.29) is 11.1 Å². The van der Waals surface area contributed by atoms with E-state index in [2.05, 4.69) is 37.7 Å². The molecule has 0 aliphatic rings. The summed E-state index contributed by atoms with van der Waals surface area (Å²) in [7, 11) is 4.22. The van der Waals surface area contributed by atoms with E-state index in [1.54, 1.807) is 24.3 Å². The second-order valence-electron chi connectivity index (χ2n) is 9.96. The molecule has 6 heteroatoms. The molecule has 0 N–H and O–H groups in total. The molecule has 0 heterocycles. The third kappa shape index (κ3) is 15.2. The van der Waals surface area contributed by atoms with Crippen molar-refractivity contribution in [1.29, 1.82) is 0 Å². The van der Waals surface area contributed by atoms with Gasteiger partial charge in [0.2, 0.25) is 0 Å². The van der Waals surface area contributed by atoms with Crippen molar-refractivity contribution in [2.45, 2.75) is 90.9 Å². The molecule has 0 fully saturated rings. The standard InChI is InChI=1S/C30H52N2O4/c1-5-7-9-11-15-21-31(3)23-17-25-35-29(33)27-19-13-14-20-28(27)30(34)36-26-18-24-32(4)22-16-12-10-8-6-2/h13-14,19-20H,5-12,15-18,21-26H2,1-4H3. The van der Waals surface area contributed by atoms with Gasteiger partial charge in [0.05, 0.1) is 24.3 Å². The van der Waals surface area contributed by atoms with Crippen LogP contribution in [-0.4, -0.2) is 75.2 Å². The van der Waals surface area contributed by atoms with E-state index in [0.29, 0.717) is 13.2 Å². The number of nitrogens with zero attached hydrogens (tertiary/aromatic N) is 2. The number of rotatable bonds is 22. The van der Waals surface area contributed by atoms with Crippen molar-refractivity contribution in [3.8, 4) is 0 Å². The monoisotopic (exact) mass is 504 g/mol. The number of benzene rings is 1. The molecule has 0 saturated heterocycles. The Kier molecular flexibility index (Phi) is 18.9. The van der Waals surface area contributed by atoms with Gasteiger partial charge < -0.3 is 19.3 Å². The normalized spacial score (nSPS) is 11.3. The van der Waals surface area contributed by atoms with E-state index in [1.165, 1.54) is 64.2 Å². The largest absolute Gasteiger partial charge is 0.462 e. The summed E-state index contributed by atoms with van der Waals surface area (Å²) in [5, 5.41) is 0. The van der Waals surface area contributed by atoms with Crippen LogP contribution in [0, 0.1) is 0 Å². The lowest BCUT2D eigenvalue weighted by molar-refractivity contribution is 0.0444. The molecule has 1 aromatic carbocycles. The minimum Gasteiger partial charge on any atom is -0.462 e. The van der Waals surface area contributed by atoms with E-state index in [9.17, 15) is 9.59 Å². The molecule has 0 aliphatic heterocycles. The molecule has 1 aromatic rings. The summed E-state index contributed by atoms with van der Waals surface area (Å²) in [5.41, 5.74) is 0.548. The highest BCUT2D eigenvalue weighted by Gasteiger charge is 2.19. The Morgan fingerprint density at radius 3 is 1.33 bits per heavy atom. The summed E-state index contributed by atoms with van der Waals surface area (Å²) < 4.78 is 10.9. The number of hydrogen-bond acceptors (Lipinski definition) is 6. The lowest BCUT2D eigenvalue weighted by atomic mass is 10.1. The molecule has 0 amide bonds. The number of ether oxygens (including phenoxy) is 2. The number of carbonyl (C=O) groups is 2. The minimum absolute atomic E-state index is 0.274. The molecule has 0 saturated carbocycles. The van der Waals surface area contributed by atoms with Crippen LogP contribution in [0.25, 0.3) is 0 Å². The molecule has 1 rings (SSSR count). The molecule has 6 nitrogen and oxygen atoms in total. The molecular formula is C30H52N2O4. The van der Waals surface area contributed by atoms with E-state index < -0.39 is 11.9 Å². The maximum absolute atomic E-state index is 12.6. The van der Waals surface area contributed by atoms with Crippen molar-refractivity contribution in [3.63, 3.8) is 0 Å². The molecule has 0 atom stereocenters. The number of unbranched alkanes of at least 4 members (excludes halogenated alkanes) is 8. The van der Waals surface area contributed by atoms with Crippen LogP contribution in [0.5, 0.6) is 0 Å². The molecule has 206 valence electrons. The third-order valence-electron chi connectivity index (χ3n) is 6.49. The van der Waals surface area contributed by atoms with Crippen LogP contribution in [0.3, 0.4) is 0 Å². The zero-order valence-corrected chi connectivity index (χ0v) is 23.6. The summed E-state index contributed by atoms with van der Waals surface area (Å²) >= 11 is 0. The van der Waals surface area contributed by atoms with Gasteiger partial charge in [-0.1, -0.05) is 77.3 Å². The summed E-state index contributed by atoms with van der Waals surface area (Å²) in [4.78, 5) is 29.8. The first-order chi connectivity index (χ1) is 17.5. The molecule has 0 aliphatic carbocycles. The Hall–Kier alpha value is -1.92. The molecule has 0 unspecified atom stereocenters. The van der Waals surface area contributed by atoms with Crippen LogP contribution in [0.15, 0.2) is 24.3 Å². The summed E-state index contributed by atoms with van der Waals surface area (Å²) in [6.45, 7) is 9.05. The number of esters is 2. The maximum Gasteiger partial charge on any atom is 0.339 e. The third-order valence-corrected chi connectivity index (χ3v) is 6.49. The summed E-state index contributed by atoms with van der Waals surface area (Å²) in [6, 6.07) is 6.76. The molecule has 36 heavy (non-hydrogen) atoms. The average molecular weight is 505 g/mol. The lowest BCUT2D eigenvalue weighted by Gasteiger charge is -2.17. The number of carbonyl (C=O) groups excluding carboxylic acids is 2. The highest BCUT2D eigenvalue weighted by molar-refractivity contribution is 6.03. The average Bonchev–Trinajstić information content (AvgIpc) is 2.88. The van der Waals surface area contributed by atoms with Crippen LogP contribution in [0.2, 0.25) is 0 Å². The van der Waals surface area contributed by atoms with Gasteiger partial charge in [0, 0.05) is 13.1 Å². The highest BCUT2D eigenvalue weighted by Crippen LogP contribution is 2.13. The second kappa shape index (κ2) is 21.2. The molecule has 0 radical (unpaired) electrons. The SMILES string of the molecule is CCCCCCCN(C)CCCOC(=O)c1ccccc1C(=O)OCCCN(C)CCCCCCC. The van der Waals surface area contributed by atoms with Gasteiger partial charge in [-0.3, -0.25) is 0 Å². The molecule has 0 bridgehead atoms. The van der Waals surface area contributed by atoms with Crippen molar-refractivity contribution >= 4 is 11.9 Å². The van der Waals surface area contributed by atoms with E-state index in [1.807, 2.05) is 0 Å². The zero-order valence-electron chi connectivity index (χ0n) is 23.6. The Labute approximate surface area is 220 Å². The summed E-state index contributed by atoms with van der Waals surface area (Å²) in [6.07, 6.45) is 14.3. The van der Waals surface area contributed by atoms with Crippen molar-refractivity contribution in [3.05, 3.63) is 35.4 Å². The lowest BCUT2D eigenvalue weighted by Crippen LogP contribution is -2.23. The molecule has 0 aromatic heterocycles. The Morgan fingerprint density at radius 2 is 0.944 bits per heavy atom. The molecular weight excluding hydrogens is 452 g/mol. The van der Waals surface area contributed by atoms with Crippen molar-refractivity contribution in [2.75, 3.05) is 53.5 Å². The quantitative estimate of drug-likeness (QED) is 0.131. The fourth-order valence-corrected chi connectivity index (χ4v) is 4.19. The van der Waals surface area contributed by atoms with Gasteiger partial charge in [0.25, 0.3) is 0 Å². The van der Waals surface area contributed by atoms with Crippen LogP contribution < -0.4 is 0 Å². The van der Waals surface area contributed by atoms with Crippen LogP contribution >= 0.6 is 0 Å². The smallest absolute Gasteiger partial charge is 0.339 e. The Balaban J connectivity index is 2.30. The van der Waals surface area contributed by atoms with Crippen molar-refractivity contribution in [2.24, 2.45) is 0 Å². The fourth-order valence-electron chi connectivity index (χ4n) is 4.19. The number of hydrogen-bond donors (Lipinski definition) is 0.